The van der Waals surface area contributed by atoms with E-state index in [0.717, 1.165) is 28.4 Å². The average Bonchev–Trinajstić information content (AvgIpc) is 3.40. The third kappa shape index (κ3) is 6.19. The van der Waals surface area contributed by atoms with Crippen molar-refractivity contribution in [1.82, 2.24) is 26.1 Å². The number of benzene rings is 1. The molecule has 1 aromatic carbocycles. The van der Waals surface area contributed by atoms with Gasteiger partial charge in [0, 0.05) is 22.6 Å². The molecule has 42 heavy (non-hydrogen) atoms. The number of carbonyl (C=O) groups excluding carboxylic acids is 4. The first-order valence-electron chi connectivity index (χ1n) is 11.8. The summed E-state index contributed by atoms with van der Waals surface area (Å²) in [6.07, 6.45) is -1.36. The molecule has 0 aliphatic carbocycles. The van der Waals surface area contributed by atoms with Crippen molar-refractivity contribution in [1.29, 1.82) is 0 Å². The topological polar surface area (TPSA) is 246 Å². The summed E-state index contributed by atoms with van der Waals surface area (Å²) in [6, 6.07) is 2.19. The second-order valence-electron chi connectivity index (χ2n) is 8.66. The number of rotatable bonds is 9. The standard InChI is InChI=1S/C23H22ClN7O9S2/c1-8(17(34)28-29-18(35)9-2-3-12(32)13(33)4-9)40-30-14(11-7-42-23(25)26-11)19(36)27-15-20(37)31-16(22(38)39)10(5-24)6-41-21(15)31/h2-4,7-8,15,21,32-33H,5-6H2,1H3,(H2,25,26)(H,27,36)(H,28,34)(H,29,35)(H,38,39)/t8?,15?,21-/m1/s1. The fourth-order valence-electron chi connectivity index (χ4n) is 3.73. The summed E-state index contributed by atoms with van der Waals surface area (Å²) >= 11 is 8.06. The number of carbonyl (C=O) groups is 5. The highest BCUT2D eigenvalue weighted by molar-refractivity contribution is 8.00. The van der Waals surface area contributed by atoms with Crippen LogP contribution in [0.5, 0.6) is 11.5 Å². The Hall–Kier alpha value is -4.55. The number of fused-ring (bicyclic) bond motifs is 1. The second-order valence-corrected chi connectivity index (χ2v) is 10.9. The van der Waals surface area contributed by atoms with Crippen LogP contribution in [-0.2, 0) is 24.0 Å². The Balaban J connectivity index is 1.43. The molecule has 0 radical (unpaired) electrons. The number of hydrogen-bond donors (Lipinski definition) is 7. The number of hydrazine groups is 1. The molecule has 222 valence electrons. The van der Waals surface area contributed by atoms with Crippen molar-refractivity contribution in [2.45, 2.75) is 24.4 Å². The molecule has 8 N–H and O–H groups in total. The Morgan fingerprint density at radius 1 is 1.26 bits per heavy atom. The third-order valence-corrected chi connectivity index (χ3v) is 8.22. The molecule has 3 atom stereocenters. The Labute approximate surface area is 249 Å². The molecule has 1 saturated heterocycles. The maximum Gasteiger partial charge on any atom is 0.352 e. The molecule has 4 rings (SSSR count). The number of hydrogen-bond acceptors (Lipinski definition) is 13. The number of nitrogens with zero attached hydrogens (tertiary/aromatic N) is 3. The lowest BCUT2D eigenvalue weighted by Gasteiger charge is -2.49. The Morgan fingerprint density at radius 3 is 2.62 bits per heavy atom. The number of alkyl halides is 1. The van der Waals surface area contributed by atoms with E-state index in [-0.39, 0.29) is 33.7 Å². The highest BCUT2D eigenvalue weighted by Crippen LogP contribution is 2.40. The van der Waals surface area contributed by atoms with Crippen molar-refractivity contribution in [3.63, 3.8) is 0 Å². The molecule has 16 nitrogen and oxygen atoms in total. The summed E-state index contributed by atoms with van der Waals surface area (Å²) < 4.78 is 0. The molecule has 19 heteroatoms. The van der Waals surface area contributed by atoms with Crippen molar-refractivity contribution in [2.75, 3.05) is 17.4 Å². The number of thioether (sulfide) groups is 1. The smallest absolute Gasteiger partial charge is 0.352 e. The van der Waals surface area contributed by atoms with Crippen molar-refractivity contribution < 1.29 is 44.1 Å². The molecule has 3 heterocycles. The Bertz CT molecular complexity index is 1530. The van der Waals surface area contributed by atoms with Crippen molar-refractivity contribution in [2.24, 2.45) is 5.16 Å². The summed E-state index contributed by atoms with van der Waals surface area (Å²) in [5.41, 5.74) is 9.53. The number of nitrogens with one attached hydrogen (secondary N) is 3. The van der Waals surface area contributed by atoms with Gasteiger partial charge in [0.05, 0.1) is 0 Å². The van der Waals surface area contributed by atoms with Crippen molar-refractivity contribution in [3.05, 3.63) is 46.1 Å². The minimum absolute atomic E-state index is 0.0153. The van der Waals surface area contributed by atoms with Crippen LogP contribution < -0.4 is 21.9 Å². The van der Waals surface area contributed by atoms with Crippen LogP contribution in [-0.4, -0.2) is 89.7 Å². The van der Waals surface area contributed by atoms with E-state index in [1.54, 1.807) is 0 Å². The highest BCUT2D eigenvalue weighted by atomic mass is 35.5. The first-order valence-corrected chi connectivity index (χ1v) is 14.2. The van der Waals surface area contributed by atoms with Crippen molar-refractivity contribution >= 4 is 75.1 Å². The van der Waals surface area contributed by atoms with E-state index in [1.165, 1.54) is 30.1 Å². The molecule has 1 fully saturated rings. The zero-order chi connectivity index (χ0) is 30.7. The normalized spacial score (nSPS) is 18.9. The summed E-state index contributed by atoms with van der Waals surface area (Å²) in [5, 5.41) is 35.5. The minimum Gasteiger partial charge on any atom is -0.504 e. The van der Waals surface area contributed by atoms with Gasteiger partial charge in [-0.05, 0) is 30.7 Å². The van der Waals surface area contributed by atoms with Crippen LogP contribution in [0.1, 0.15) is 23.0 Å². The number of phenolic OH excluding ortho intramolecular Hbond substituents is 2. The molecular weight excluding hydrogens is 618 g/mol. The molecule has 1 aromatic heterocycles. The van der Waals surface area contributed by atoms with E-state index in [0.29, 0.717) is 5.57 Å². The van der Waals surface area contributed by atoms with Gasteiger partial charge < -0.3 is 31.2 Å². The van der Waals surface area contributed by atoms with Gasteiger partial charge in [-0.3, -0.25) is 34.9 Å². The predicted octanol–water partition coefficient (Wildman–Crippen LogP) is -0.316. The molecule has 2 aromatic rings. The van der Waals surface area contributed by atoms with Crippen LogP contribution in [0, 0.1) is 0 Å². The zero-order valence-corrected chi connectivity index (χ0v) is 23.7. The van der Waals surface area contributed by atoms with Gasteiger partial charge in [0.2, 0.25) is 6.10 Å². The Morgan fingerprint density at radius 2 is 2.00 bits per heavy atom. The fourth-order valence-corrected chi connectivity index (χ4v) is 5.96. The number of phenols is 2. The first-order chi connectivity index (χ1) is 19.9. The quantitative estimate of drug-likeness (QED) is 0.0613. The van der Waals surface area contributed by atoms with Gasteiger partial charge in [-0.1, -0.05) is 5.16 Å². The van der Waals surface area contributed by atoms with Gasteiger partial charge in [-0.15, -0.1) is 34.7 Å². The number of nitrogen functional groups attached to an aromatic ring is 1. The maximum atomic E-state index is 13.2. The second kappa shape index (κ2) is 12.5. The molecular formula is C23H22ClN7O9S2. The number of anilines is 1. The largest absolute Gasteiger partial charge is 0.504 e. The number of nitrogens with two attached hydrogens (primary N) is 1. The molecule has 2 aliphatic rings. The highest BCUT2D eigenvalue weighted by Gasteiger charge is 2.54. The number of carboxylic acids is 1. The number of halogens is 1. The predicted molar refractivity (Wildman–Crippen MR) is 149 cm³/mol. The maximum absolute atomic E-state index is 13.2. The third-order valence-electron chi connectivity index (χ3n) is 5.89. The number of amides is 4. The number of aromatic nitrogens is 1. The van der Waals surface area contributed by atoms with Gasteiger partial charge >= 0.3 is 5.97 Å². The minimum atomic E-state index is -1.36. The van der Waals surface area contributed by atoms with Crippen LogP contribution in [0.4, 0.5) is 5.13 Å². The van der Waals surface area contributed by atoms with Gasteiger partial charge in [-0.2, -0.15) is 0 Å². The molecule has 4 amide bonds. The van der Waals surface area contributed by atoms with E-state index >= 15 is 0 Å². The lowest BCUT2D eigenvalue weighted by molar-refractivity contribution is -0.150. The van der Waals surface area contributed by atoms with Gasteiger partial charge in [0.25, 0.3) is 23.6 Å². The summed E-state index contributed by atoms with van der Waals surface area (Å²) in [4.78, 5) is 72.6. The molecule has 0 saturated carbocycles. The summed E-state index contributed by atoms with van der Waals surface area (Å²) in [5.74, 6) is -5.37. The van der Waals surface area contributed by atoms with Crippen LogP contribution in [0.25, 0.3) is 0 Å². The number of oxime groups is 1. The zero-order valence-electron chi connectivity index (χ0n) is 21.4. The van der Waals surface area contributed by atoms with Gasteiger partial charge in [0.1, 0.15) is 22.8 Å². The van der Waals surface area contributed by atoms with E-state index < -0.39 is 64.3 Å². The molecule has 0 spiro atoms. The van der Waals surface area contributed by atoms with Crippen LogP contribution >= 0.6 is 34.7 Å². The van der Waals surface area contributed by atoms with E-state index in [9.17, 15) is 39.3 Å². The van der Waals surface area contributed by atoms with E-state index in [1.807, 2.05) is 0 Å². The van der Waals surface area contributed by atoms with E-state index in [4.69, 9.17) is 22.2 Å². The number of thiazole rings is 1. The summed E-state index contributed by atoms with van der Waals surface area (Å²) in [6.45, 7) is 1.27. The fraction of sp³-hybridized carbons (Fsp3) is 0.261. The number of aromatic hydroxyl groups is 2. The molecule has 0 bridgehead atoms. The first kappa shape index (κ1) is 30.4. The lowest BCUT2D eigenvalue weighted by atomic mass is 10.0. The molecule has 2 unspecified atom stereocenters. The summed E-state index contributed by atoms with van der Waals surface area (Å²) in [7, 11) is 0. The number of carboxylic acid groups (broad SMARTS) is 1. The average molecular weight is 640 g/mol. The van der Waals surface area contributed by atoms with Crippen LogP contribution in [0.2, 0.25) is 0 Å². The number of aliphatic carboxylic acids is 1. The van der Waals surface area contributed by atoms with Gasteiger partial charge in [0.15, 0.2) is 22.3 Å². The number of β-lactam (4-membered cyclic amide) rings is 1. The monoisotopic (exact) mass is 639 g/mol. The van der Waals surface area contributed by atoms with Crippen molar-refractivity contribution in [3.8, 4) is 11.5 Å². The van der Waals surface area contributed by atoms with Crippen LogP contribution in [0.15, 0.2) is 40.0 Å². The molecule has 2 aliphatic heterocycles. The lowest BCUT2D eigenvalue weighted by Crippen LogP contribution is -2.71. The van der Waals surface area contributed by atoms with Gasteiger partial charge in [-0.25, -0.2) is 9.78 Å². The van der Waals surface area contributed by atoms with Crippen LogP contribution in [0.3, 0.4) is 0 Å². The van der Waals surface area contributed by atoms with E-state index in [2.05, 4.69) is 26.3 Å². The Kier molecular flexibility index (Phi) is 9.08. The SMILES string of the molecule is CC(ON=C(C(=O)NC1C(=O)N2C(C(=O)O)=C(CCl)CS[C@H]12)c1csc(N)n1)C(=O)NNC(=O)c1ccc(O)c(O)c1.